The number of nitrogens with zero attached hydrogens (tertiary/aromatic N) is 2. The van der Waals surface area contributed by atoms with Crippen molar-refractivity contribution in [2.45, 2.75) is 32.1 Å². The summed E-state index contributed by atoms with van der Waals surface area (Å²) in [6, 6.07) is 5.68. The number of anilines is 1. The van der Waals surface area contributed by atoms with Gasteiger partial charge in [-0.1, -0.05) is 18.9 Å². The molecular weight excluding hydrogens is 324 g/mol. The lowest BCUT2D eigenvalue weighted by Gasteiger charge is -2.09. The highest BCUT2D eigenvalue weighted by Gasteiger charge is 2.24. The van der Waals surface area contributed by atoms with Crippen LogP contribution in [0.3, 0.4) is 0 Å². The summed E-state index contributed by atoms with van der Waals surface area (Å²) >= 11 is 1.68. The molecule has 1 aliphatic carbocycles. The topological polar surface area (TPSA) is 76.0 Å². The SMILES string of the molecule is Cn1nc(C(=O)NCCc2cccs2)cc1NC(=O)C1CCCC1. The van der Waals surface area contributed by atoms with Crippen molar-refractivity contribution >= 4 is 29.0 Å². The van der Waals surface area contributed by atoms with Gasteiger partial charge in [-0.3, -0.25) is 14.3 Å². The highest BCUT2D eigenvalue weighted by Crippen LogP contribution is 2.26. The van der Waals surface area contributed by atoms with Gasteiger partial charge in [0.1, 0.15) is 5.82 Å². The van der Waals surface area contributed by atoms with Crippen LogP contribution in [0.15, 0.2) is 23.6 Å². The first-order chi connectivity index (χ1) is 11.6. The molecule has 2 N–H and O–H groups in total. The molecule has 0 radical (unpaired) electrons. The summed E-state index contributed by atoms with van der Waals surface area (Å²) in [5.74, 6) is 0.460. The van der Waals surface area contributed by atoms with Gasteiger partial charge in [-0.25, -0.2) is 0 Å². The van der Waals surface area contributed by atoms with E-state index < -0.39 is 0 Å². The number of carbonyl (C=O) groups excluding carboxylic acids is 2. The highest BCUT2D eigenvalue weighted by molar-refractivity contribution is 7.09. The van der Waals surface area contributed by atoms with E-state index in [2.05, 4.69) is 15.7 Å². The Kier molecular flexibility index (Phi) is 5.30. The lowest BCUT2D eigenvalue weighted by atomic mass is 10.1. The van der Waals surface area contributed by atoms with Gasteiger partial charge in [0, 0.05) is 30.5 Å². The Labute approximate surface area is 145 Å². The van der Waals surface area contributed by atoms with Crippen LogP contribution >= 0.6 is 11.3 Å². The van der Waals surface area contributed by atoms with Crippen molar-refractivity contribution in [2.24, 2.45) is 13.0 Å². The summed E-state index contributed by atoms with van der Waals surface area (Å²) in [6.07, 6.45) is 4.92. The van der Waals surface area contributed by atoms with Gasteiger partial charge in [0.15, 0.2) is 5.69 Å². The van der Waals surface area contributed by atoms with E-state index in [1.807, 2.05) is 17.5 Å². The zero-order valence-electron chi connectivity index (χ0n) is 13.7. The van der Waals surface area contributed by atoms with Crippen molar-refractivity contribution < 1.29 is 9.59 Å². The number of carbonyl (C=O) groups is 2. The minimum absolute atomic E-state index is 0.0279. The summed E-state index contributed by atoms with van der Waals surface area (Å²) in [7, 11) is 1.73. The highest BCUT2D eigenvalue weighted by atomic mass is 32.1. The molecule has 0 saturated heterocycles. The molecule has 1 fully saturated rings. The van der Waals surface area contributed by atoms with E-state index in [0.717, 1.165) is 32.1 Å². The maximum atomic E-state index is 12.2. The Morgan fingerprint density at radius 2 is 2.17 bits per heavy atom. The molecule has 1 saturated carbocycles. The molecule has 2 heterocycles. The summed E-state index contributed by atoms with van der Waals surface area (Å²) < 4.78 is 1.54. The molecule has 2 aromatic rings. The smallest absolute Gasteiger partial charge is 0.271 e. The van der Waals surface area contributed by atoms with Crippen molar-refractivity contribution in [1.82, 2.24) is 15.1 Å². The number of amides is 2. The van der Waals surface area contributed by atoms with Crippen molar-refractivity contribution in [3.8, 4) is 0 Å². The predicted molar refractivity (Wildman–Crippen MR) is 94.2 cm³/mol. The van der Waals surface area contributed by atoms with Gasteiger partial charge in [-0.2, -0.15) is 5.10 Å². The first kappa shape index (κ1) is 16.7. The molecule has 7 heteroatoms. The molecule has 128 valence electrons. The van der Waals surface area contributed by atoms with Gasteiger partial charge in [-0.05, 0) is 30.7 Å². The summed E-state index contributed by atoms with van der Waals surface area (Å²) in [4.78, 5) is 25.6. The molecule has 3 rings (SSSR count). The molecule has 2 aromatic heterocycles. The quantitative estimate of drug-likeness (QED) is 0.844. The lowest BCUT2D eigenvalue weighted by Crippen LogP contribution is -2.26. The van der Waals surface area contributed by atoms with Gasteiger partial charge in [0.05, 0.1) is 0 Å². The van der Waals surface area contributed by atoms with Crippen LogP contribution in [0.25, 0.3) is 0 Å². The van der Waals surface area contributed by atoms with Crippen molar-refractivity contribution in [3.63, 3.8) is 0 Å². The Bertz CT molecular complexity index is 702. The van der Waals surface area contributed by atoms with Crippen LogP contribution in [-0.4, -0.2) is 28.1 Å². The molecule has 0 spiro atoms. The number of hydrogen-bond donors (Lipinski definition) is 2. The largest absolute Gasteiger partial charge is 0.350 e. The van der Waals surface area contributed by atoms with E-state index >= 15 is 0 Å². The van der Waals surface area contributed by atoms with Crippen LogP contribution in [0.5, 0.6) is 0 Å². The molecule has 0 atom stereocenters. The normalized spacial score (nSPS) is 14.7. The second-order valence-electron chi connectivity index (χ2n) is 6.09. The second kappa shape index (κ2) is 7.61. The van der Waals surface area contributed by atoms with Crippen LogP contribution in [0.1, 0.15) is 41.0 Å². The Morgan fingerprint density at radius 1 is 1.38 bits per heavy atom. The predicted octanol–water partition coefficient (Wildman–Crippen LogP) is 2.58. The minimum atomic E-state index is -0.219. The maximum Gasteiger partial charge on any atom is 0.271 e. The van der Waals surface area contributed by atoms with Crippen LogP contribution < -0.4 is 10.6 Å². The molecule has 0 unspecified atom stereocenters. The van der Waals surface area contributed by atoms with Crippen molar-refractivity contribution in [3.05, 3.63) is 34.2 Å². The third-order valence-corrected chi connectivity index (χ3v) is 5.26. The number of thiophene rings is 1. The molecule has 2 amide bonds. The summed E-state index contributed by atoms with van der Waals surface area (Å²) in [5.41, 5.74) is 0.324. The van der Waals surface area contributed by atoms with Crippen LogP contribution in [0.2, 0.25) is 0 Å². The molecule has 0 bridgehead atoms. The molecule has 6 nitrogen and oxygen atoms in total. The van der Waals surface area contributed by atoms with Gasteiger partial charge in [0.25, 0.3) is 5.91 Å². The zero-order valence-corrected chi connectivity index (χ0v) is 14.6. The number of aromatic nitrogens is 2. The zero-order chi connectivity index (χ0) is 16.9. The first-order valence-electron chi connectivity index (χ1n) is 8.29. The van der Waals surface area contributed by atoms with Gasteiger partial charge in [-0.15, -0.1) is 11.3 Å². The van der Waals surface area contributed by atoms with E-state index in [4.69, 9.17) is 0 Å². The molecule has 0 aromatic carbocycles. The third kappa shape index (κ3) is 4.03. The number of aryl methyl sites for hydroxylation is 1. The minimum Gasteiger partial charge on any atom is -0.350 e. The second-order valence-corrected chi connectivity index (χ2v) is 7.13. The van der Waals surface area contributed by atoms with E-state index in [1.54, 1.807) is 29.1 Å². The van der Waals surface area contributed by atoms with E-state index in [-0.39, 0.29) is 17.7 Å². The number of hydrogen-bond acceptors (Lipinski definition) is 4. The van der Waals surface area contributed by atoms with Crippen molar-refractivity contribution in [2.75, 3.05) is 11.9 Å². The summed E-state index contributed by atoms with van der Waals surface area (Å²) in [5, 5.41) is 12.0. The van der Waals surface area contributed by atoms with E-state index in [9.17, 15) is 9.59 Å². The number of nitrogens with one attached hydrogen (secondary N) is 2. The maximum absolute atomic E-state index is 12.2. The molecule has 0 aliphatic heterocycles. The fraction of sp³-hybridized carbons (Fsp3) is 0.471. The standard InChI is InChI=1S/C17H22N4O2S/c1-21-15(19-16(22)12-5-2-3-6-12)11-14(20-21)17(23)18-9-8-13-7-4-10-24-13/h4,7,10-12H,2-3,5-6,8-9H2,1H3,(H,18,23)(H,19,22). The van der Waals surface area contributed by atoms with E-state index in [0.29, 0.717) is 18.1 Å². The summed E-state index contributed by atoms with van der Waals surface area (Å²) in [6.45, 7) is 0.569. The van der Waals surface area contributed by atoms with Gasteiger partial charge in [0.2, 0.25) is 5.91 Å². The molecule has 24 heavy (non-hydrogen) atoms. The van der Waals surface area contributed by atoms with Gasteiger partial charge < -0.3 is 10.6 Å². The fourth-order valence-electron chi connectivity index (χ4n) is 2.96. The van der Waals surface area contributed by atoms with Crippen molar-refractivity contribution in [1.29, 1.82) is 0 Å². The third-order valence-electron chi connectivity index (χ3n) is 4.33. The van der Waals surface area contributed by atoms with Gasteiger partial charge >= 0.3 is 0 Å². The average molecular weight is 346 g/mol. The lowest BCUT2D eigenvalue weighted by molar-refractivity contribution is -0.119. The monoisotopic (exact) mass is 346 g/mol. The fourth-order valence-corrected chi connectivity index (χ4v) is 3.67. The Morgan fingerprint density at radius 3 is 2.88 bits per heavy atom. The Hall–Kier alpha value is -2.15. The average Bonchev–Trinajstić information content (AvgIpc) is 3.29. The Balaban J connectivity index is 1.54. The van der Waals surface area contributed by atoms with Crippen LogP contribution in [0, 0.1) is 5.92 Å². The molecule has 1 aliphatic rings. The first-order valence-corrected chi connectivity index (χ1v) is 9.17. The van der Waals surface area contributed by atoms with E-state index in [1.165, 1.54) is 4.88 Å². The van der Waals surface area contributed by atoms with Crippen LogP contribution in [0.4, 0.5) is 5.82 Å². The number of rotatable bonds is 6. The van der Waals surface area contributed by atoms with Crippen LogP contribution in [-0.2, 0) is 18.3 Å². The molecular formula is C17H22N4O2S.